The van der Waals surface area contributed by atoms with Crippen LogP contribution in [0.5, 0.6) is 0 Å². The highest BCUT2D eigenvalue weighted by molar-refractivity contribution is 6.33. The van der Waals surface area contributed by atoms with Crippen LogP contribution >= 0.6 is 11.6 Å². The first kappa shape index (κ1) is 20.2. The number of alkyl halides is 6. The zero-order chi connectivity index (χ0) is 21.7. The first-order valence-electron chi connectivity index (χ1n) is 8.43. The smallest absolute Gasteiger partial charge is 0.338 e. The lowest BCUT2D eigenvalue weighted by molar-refractivity contribution is -0.138. The first-order chi connectivity index (χ1) is 14.0. The second kappa shape index (κ2) is 7.02. The lowest BCUT2D eigenvalue weighted by Crippen LogP contribution is -2.08. The van der Waals surface area contributed by atoms with E-state index in [0.29, 0.717) is 11.1 Å². The number of rotatable bonds is 2. The Balaban J connectivity index is 1.76. The lowest BCUT2D eigenvalue weighted by atomic mass is 10.0. The molecule has 0 unspecified atom stereocenters. The SMILES string of the molecule is FC(F)(F)c1ccc2nc(-c3ccc(-c4ncccc4C(F)(F)F)cc3Cl)[nH]c2c1. The van der Waals surface area contributed by atoms with Crippen LogP contribution in [0.3, 0.4) is 0 Å². The van der Waals surface area contributed by atoms with Crippen LogP contribution in [0.25, 0.3) is 33.7 Å². The molecule has 0 saturated heterocycles. The van der Waals surface area contributed by atoms with Gasteiger partial charge in [0.1, 0.15) is 5.82 Å². The third-order valence-corrected chi connectivity index (χ3v) is 4.73. The molecule has 2 aromatic carbocycles. The summed E-state index contributed by atoms with van der Waals surface area (Å²) in [4.78, 5) is 10.8. The zero-order valence-electron chi connectivity index (χ0n) is 14.7. The van der Waals surface area contributed by atoms with Crippen LogP contribution in [0, 0.1) is 0 Å². The molecule has 0 fully saturated rings. The van der Waals surface area contributed by atoms with Crippen molar-refractivity contribution in [2.75, 3.05) is 0 Å². The Kier molecular flexibility index (Phi) is 4.73. The molecule has 0 amide bonds. The molecule has 0 aliphatic carbocycles. The topological polar surface area (TPSA) is 41.6 Å². The number of H-pyrrole nitrogens is 1. The third-order valence-electron chi connectivity index (χ3n) is 4.42. The molecule has 0 bridgehead atoms. The summed E-state index contributed by atoms with van der Waals surface area (Å²) < 4.78 is 78.4. The standard InChI is InChI=1S/C20H10ClF6N3/c21-14-8-10(17-13(20(25,26)27)2-1-7-28-17)3-5-12(14)18-29-15-6-4-11(19(22,23)24)9-16(15)30-18/h1-9H,(H,29,30). The van der Waals surface area contributed by atoms with Crippen molar-refractivity contribution in [1.82, 2.24) is 15.0 Å². The largest absolute Gasteiger partial charge is 0.418 e. The molecule has 30 heavy (non-hydrogen) atoms. The predicted molar refractivity (Wildman–Crippen MR) is 99.8 cm³/mol. The van der Waals surface area contributed by atoms with Gasteiger partial charge in [-0.3, -0.25) is 4.98 Å². The number of fused-ring (bicyclic) bond motifs is 1. The van der Waals surface area contributed by atoms with E-state index in [1.807, 2.05) is 0 Å². The van der Waals surface area contributed by atoms with Gasteiger partial charge in [-0.1, -0.05) is 17.7 Å². The number of halogens is 7. The highest BCUT2D eigenvalue weighted by Crippen LogP contribution is 2.38. The summed E-state index contributed by atoms with van der Waals surface area (Å²) in [5.74, 6) is 0.193. The van der Waals surface area contributed by atoms with E-state index in [1.165, 1.54) is 36.5 Å². The number of hydrogen-bond acceptors (Lipinski definition) is 2. The van der Waals surface area contributed by atoms with Crippen molar-refractivity contribution in [2.45, 2.75) is 12.4 Å². The van der Waals surface area contributed by atoms with Crippen molar-refractivity contribution < 1.29 is 26.3 Å². The van der Waals surface area contributed by atoms with Gasteiger partial charge in [-0.2, -0.15) is 26.3 Å². The number of aromatic nitrogens is 3. The summed E-state index contributed by atoms with van der Waals surface area (Å²) in [6.45, 7) is 0. The molecule has 154 valence electrons. The quantitative estimate of drug-likeness (QED) is 0.341. The average Bonchev–Trinajstić information content (AvgIpc) is 3.09. The predicted octanol–water partition coefficient (Wildman–Crippen LogP) is 6.98. The van der Waals surface area contributed by atoms with Crippen LogP contribution < -0.4 is 0 Å². The Morgan fingerprint density at radius 3 is 2.30 bits per heavy atom. The second-order valence-electron chi connectivity index (χ2n) is 6.41. The Bertz CT molecular complexity index is 1240. The van der Waals surface area contributed by atoms with Gasteiger partial charge in [-0.15, -0.1) is 0 Å². The molecular formula is C20H10ClF6N3. The highest BCUT2D eigenvalue weighted by atomic mass is 35.5. The fraction of sp³-hybridized carbons (Fsp3) is 0.100. The number of hydrogen-bond donors (Lipinski definition) is 1. The molecule has 0 saturated carbocycles. The Morgan fingerprint density at radius 2 is 1.63 bits per heavy atom. The summed E-state index contributed by atoms with van der Waals surface area (Å²) in [6, 6.07) is 9.32. The van der Waals surface area contributed by atoms with Crippen molar-refractivity contribution in [2.24, 2.45) is 0 Å². The van der Waals surface area contributed by atoms with Crippen molar-refractivity contribution >= 4 is 22.6 Å². The van der Waals surface area contributed by atoms with E-state index in [0.717, 1.165) is 18.2 Å². The Morgan fingerprint density at radius 1 is 0.867 bits per heavy atom. The zero-order valence-corrected chi connectivity index (χ0v) is 15.5. The fourth-order valence-corrected chi connectivity index (χ4v) is 3.30. The van der Waals surface area contributed by atoms with E-state index in [9.17, 15) is 26.3 Å². The van der Waals surface area contributed by atoms with Gasteiger partial charge in [0, 0.05) is 17.3 Å². The van der Waals surface area contributed by atoms with Gasteiger partial charge in [0.25, 0.3) is 0 Å². The van der Waals surface area contributed by atoms with E-state index in [2.05, 4.69) is 15.0 Å². The molecule has 2 aromatic heterocycles. The van der Waals surface area contributed by atoms with E-state index < -0.39 is 23.5 Å². The van der Waals surface area contributed by atoms with Gasteiger partial charge < -0.3 is 4.98 Å². The molecule has 10 heteroatoms. The molecule has 2 heterocycles. The minimum atomic E-state index is -4.59. The number of imidazole rings is 1. The normalized spacial score (nSPS) is 12.5. The van der Waals surface area contributed by atoms with Gasteiger partial charge in [-0.05, 0) is 42.5 Å². The maximum Gasteiger partial charge on any atom is 0.418 e. The number of nitrogens with one attached hydrogen (secondary N) is 1. The van der Waals surface area contributed by atoms with Gasteiger partial charge in [-0.25, -0.2) is 4.98 Å². The summed E-state index contributed by atoms with van der Waals surface area (Å²) in [5.41, 5.74) is -1.09. The number of nitrogens with zero attached hydrogens (tertiary/aromatic N) is 2. The minimum absolute atomic E-state index is 0.0707. The van der Waals surface area contributed by atoms with Crippen LogP contribution in [-0.4, -0.2) is 15.0 Å². The lowest BCUT2D eigenvalue weighted by Gasteiger charge is -2.12. The molecule has 4 aromatic rings. The third kappa shape index (κ3) is 3.72. The molecule has 0 aliphatic rings. The van der Waals surface area contributed by atoms with Crippen LogP contribution in [0.1, 0.15) is 11.1 Å². The van der Waals surface area contributed by atoms with Gasteiger partial charge in [0.2, 0.25) is 0 Å². The van der Waals surface area contributed by atoms with Crippen molar-refractivity contribution in [3.8, 4) is 22.6 Å². The molecule has 0 radical (unpaired) electrons. The van der Waals surface area contributed by atoms with Crippen LogP contribution in [-0.2, 0) is 12.4 Å². The van der Waals surface area contributed by atoms with E-state index in [-0.39, 0.29) is 27.6 Å². The van der Waals surface area contributed by atoms with Gasteiger partial charge in [0.05, 0.1) is 32.9 Å². The number of aromatic amines is 1. The van der Waals surface area contributed by atoms with E-state index in [1.54, 1.807) is 0 Å². The van der Waals surface area contributed by atoms with E-state index in [4.69, 9.17) is 11.6 Å². The summed E-state index contributed by atoms with van der Waals surface area (Å²) >= 11 is 6.26. The van der Waals surface area contributed by atoms with Gasteiger partial charge in [0.15, 0.2) is 0 Å². The molecular weight excluding hydrogens is 432 g/mol. The van der Waals surface area contributed by atoms with Crippen LogP contribution in [0.4, 0.5) is 26.3 Å². The van der Waals surface area contributed by atoms with Gasteiger partial charge >= 0.3 is 12.4 Å². The monoisotopic (exact) mass is 441 g/mol. The highest BCUT2D eigenvalue weighted by Gasteiger charge is 2.34. The molecule has 0 atom stereocenters. The Hall–Kier alpha value is -3.07. The van der Waals surface area contributed by atoms with Crippen molar-refractivity contribution in [3.63, 3.8) is 0 Å². The van der Waals surface area contributed by atoms with Crippen molar-refractivity contribution in [1.29, 1.82) is 0 Å². The van der Waals surface area contributed by atoms with Crippen molar-refractivity contribution in [3.05, 3.63) is 70.9 Å². The number of pyridine rings is 1. The summed E-state index contributed by atoms with van der Waals surface area (Å²) in [5, 5.41) is 0.0707. The summed E-state index contributed by atoms with van der Waals surface area (Å²) in [6.07, 6.45) is -7.86. The summed E-state index contributed by atoms with van der Waals surface area (Å²) in [7, 11) is 0. The molecule has 1 N–H and O–H groups in total. The first-order valence-corrected chi connectivity index (χ1v) is 8.81. The fourth-order valence-electron chi connectivity index (χ4n) is 3.03. The molecule has 3 nitrogen and oxygen atoms in total. The molecule has 4 rings (SSSR count). The van der Waals surface area contributed by atoms with E-state index >= 15 is 0 Å². The maximum absolute atomic E-state index is 13.2. The maximum atomic E-state index is 13.2. The molecule has 0 aliphatic heterocycles. The average molecular weight is 442 g/mol. The van der Waals surface area contributed by atoms with Crippen LogP contribution in [0.15, 0.2) is 54.7 Å². The number of benzene rings is 2. The molecule has 0 spiro atoms. The second-order valence-corrected chi connectivity index (χ2v) is 6.81. The minimum Gasteiger partial charge on any atom is -0.338 e. The van der Waals surface area contributed by atoms with Crippen LogP contribution in [0.2, 0.25) is 5.02 Å². The Labute approximate surface area is 170 Å².